The van der Waals surface area contributed by atoms with Crippen LogP contribution in [0, 0.1) is 5.41 Å². The molecule has 3 heterocycles. The third-order valence-electron chi connectivity index (χ3n) is 4.27. The highest BCUT2D eigenvalue weighted by Gasteiger charge is 2.37. The van der Waals surface area contributed by atoms with Crippen LogP contribution >= 0.6 is 0 Å². The van der Waals surface area contributed by atoms with Crippen molar-refractivity contribution in [1.82, 2.24) is 20.1 Å². The van der Waals surface area contributed by atoms with Gasteiger partial charge in [-0.15, -0.1) is 10.2 Å². The number of hydrogen-bond donors (Lipinski definition) is 1. The SMILES string of the molecule is CC1(C)CCCNC1c1nnc2n1CCCC2. The zero-order valence-electron chi connectivity index (χ0n) is 10.9. The van der Waals surface area contributed by atoms with E-state index in [4.69, 9.17) is 0 Å². The molecule has 17 heavy (non-hydrogen) atoms. The number of hydrogen-bond acceptors (Lipinski definition) is 3. The first-order chi connectivity index (χ1) is 8.18. The molecular formula is C13H22N4. The summed E-state index contributed by atoms with van der Waals surface area (Å²) in [6.45, 7) is 6.89. The third kappa shape index (κ3) is 1.88. The summed E-state index contributed by atoms with van der Waals surface area (Å²) in [5, 5.41) is 12.5. The second-order valence-electron chi connectivity index (χ2n) is 6.06. The van der Waals surface area contributed by atoms with Gasteiger partial charge in [0.15, 0.2) is 5.82 Å². The Bertz CT molecular complexity index is 408. The zero-order chi connectivity index (χ0) is 11.9. The van der Waals surface area contributed by atoms with E-state index in [1.165, 1.54) is 37.3 Å². The van der Waals surface area contributed by atoms with Crippen molar-refractivity contribution in [2.75, 3.05) is 6.54 Å². The van der Waals surface area contributed by atoms with E-state index in [-0.39, 0.29) is 0 Å². The molecule has 0 aromatic carbocycles. The third-order valence-corrected chi connectivity index (χ3v) is 4.27. The number of nitrogens with one attached hydrogen (secondary N) is 1. The normalized spacial score (nSPS) is 27.8. The van der Waals surface area contributed by atoms with Crippen molar-refractivity contribution in [2.24, 2.45) is 5.41 Å². The Labute approximate surface area is 103 Å². The van der Waals surface area contributed by atoms with Gasteiger partial charge in [0.2, 0.25) is 0 Å². The average molecular weight is 234 g/mol. The van der Waals surface area contributed by atoms with Crippen molar-refractivity contribution in [3.63, 3.8) is 0 Å². The number of rotatable bonds is 1. The molecule has 1 N–H and O–H groups in total. The Hall–Kier alpha value is -0.900. The minimum Gasteiger partial charge on any atom is -0.314 e. The molecule has 0 bridgehead atoms. The summed E-state index contributed by atoms with van der Waals surface area (Å²) in [6.07, 6.45) is 6.17. The van der Waals surface area contributed by atoms with Gasteiger partial charge in [-0.25, -0.2) is 0 Å². The van der Waals surface area contributed by atoms with Crippen LogP contribution in [0.5, 0.6) is 0 Å². The summed E-state index contributed by atoms with van der Waals surface area (Å²) in [4.78, 5) is 0. The Balaban J connectivity index is 1.95. The standard InChI is InChI=1S/C13H22N4/c1-13(2)7-5-8-14-11(13)12-16-15-10-6-3-4-9-17(10)12/h11,14H,3-9H2,1-2H3. The van der Waals surface area contributed by atoms with Gasteiger partial charge >= 0.3 is 0 Å². The molecule has 1 aromatic heterocycles. The largest absolute Gasteiger partial charge is 0.314 e. The summed E-state index contributed by atoms with van der Waals surface area (Å²) in [5.74, 6) is 2.36. The summed E-state index contributed by atoms with van der Waals surface area (Å²) in [6, 6.07) is 0.371. The molecule has 4 heteroatoms. The fourth-order valence-corrected chi connectivity index (χ4v) is 3.20. The lowest BCUT2D eigenvalue weighted by Crippen LogP contribution is -2.41. The van der Waals surface area contributed by atoms with Crippen LogP contribution < -0.4 is 5.32 Å². The van der Waals surface area contributed by atoms with Gasteiger partial charge in [0.1, 0.15) is 5.82 Å². The molecule has 1 aromatic rings. The van der Waals surface area contributed by atoms with Gasteiger partial charge in [0, 0.05) is 13.0 Å². The van der Waals surface area contributed by atoms with E-state index >= 15 is 0 Å². The van der Waals surface area contributed by atoms with E-state index in [1.54, 1.807) is 0 Å². The lowest BCUT2D eigenvalue weighted by molar-refractivity contribution is 0.169. The molecule has 1 atom stereocenters. The number of aromatic nitrogens is 3. The lowest BCUT2D eigenvalue weighted by atomic mass is 9.77. The van der Waals surface area contributed by atoms with Crippen LogP contribution in [0.2, 0.25) is 0 Å². The molecule has 3 rings (SSSR count). The van der Waals surface area contributed by atoms with E-state index < -0.39 is 0 Å². The lowest BCUT2D eigenvalue weighted by Gasteiger charge is -2.39. The van der Waals surface area contributed by atoms with Crippen molar-refractivity contribution in [1.29, 1.82) is 0 Å². The Morgan fingerprint density at radius 3 is 2.94 bits per heavy atom. The highest BCUT2D eigenvalue weighted by molar-refractivity contribution is 5.08. The van der Waals surface area contributed by atoms with Crippen LogP contribution in [0.3, 0.4) is 0 Å². The van der Waals surface area contributed by atoms with E-state index in [0.29, 0.717) is 11.5 Å². The minimum absolute atomic E-state index is 0.291. The summed E-state index contributed by atoms with van der Waals surface area (Å²) in [7, 11) is 0. The van der Waals surface area contributed by atoms with Gasteiger partial charge < -0.3 is 9.88 Å². The second-order valence-corrected chi connectivity index (χ2v) is 6.06. The molecule has 1 fully saturated rings. The van der Waals surface area contributed by atoms with Gasteiger partial charge in [0.05, 0.1) is 6.04 Å². The molecule has 94 valence electrons. The van der Waals surface area contributed by atoms with Crippen molar-refractivity contribution < 1.29 is 0 Å². The van der Waals surface area contributed by atoms with E-state index in [0.717, 1.165) is 19.5 Å². The van der Waals surface area contributed by atoms with Crippen molar-refractivity contribution >= 4 is 0 Å². The molecule has 0 spiro atoms. The summed E-state index contributed by atoms with van der Waals surface area (Å²) < 4.78 is 2.36. The molecular weight excluding hydrogens is 212 g/mol. The molecule has 0 aliphatic carbocycles. The Kier molecular flexibility index (Phi) is 2.69. The first-order valence-corrected chi connectivity index (χ1v) is 6.84. The van der Waals surface area contributed by atoms with Gasteiger partial charge in [0.25, 0.3) is 0 Å². The molecule has 2 aliphatic rings. The monoisotopic (exact) mass is 234 g/mol. The predicted molar refractivity (Wildman–Crippen MR) is 66.7 cm³/mol. The molecule has 0 amide bonds. The predicted octanol–water partition coefficient (Wildman–Crippen LogP) is 2.07. The number of piperidine rings is 1. The Morgan fingerprint density at radius 1 is 1.24 bits per heavy atom. The highest BCUT2D eigenvalue weighted by atomic mass is 15.3. The van der Waals surface area contributed by atoms with Gasteiger partial charge in [-0.05, 0) is 37.6 Å². The second kappa shape index (κ2) is 4.09. The maximum absolute atomic E-state index is 4.47. The molecule has 1 unspecified atom stereocenters. The fraction of sp³-hybridized carbons (Fsp3) is 0.846. The highest BCUT2D eigenvalue weighted by Crippen LogP contribution is 2.39. The van der Waals surface area contributed by atoms with Crippen molar-refractivity contribution in [3.8, 4) is 0 Å². The minimum atomic E-state index is 0.291. The Morgan fingerprint density at radius 2 is 2.12 bits per heavy atom. The van der Waals surface area contributed by atoms with Gasteiger partial charge in [-0.3, -0.25) is 0 Å². The molecule has 0 radical (unpaired) electrons. The van der Waals surface area contributed by atoms with Crippen LogP contribution in [0.4, 0.5) is 0 Å². The first kappa shape index (κ1) is 11.2. The number of fused-ring (bicyclic) bond motifs is 1. The maximum Gasteiger partial charge on any atom is 0.150 e. The maximum atomic E-state index is 4.47. The molecule has 4 nitrogen and oxygen atoms in total. The van der Waals surface area contributed by atoms with Crippen LogP contribution in [0.25, 0.3) is 0 Å². The smallest absolute Gasteiger partial charge is 0.150 e. The van der Waals surface area contributed by atoms with Crippen LogP contribution in [0.1, 0.15) is 57.2 Å². The van der Waals surface area contributed by atoms with Crippen LogP contribution in [-0.2, 0) is 13.0 Å². The van der Waals surface area contributed by atoms with E-state index in [1.807, 2.05) is 0 Å². The van der Waals surface area contributed by atoms with Crippen LogP contribution in [-0.4, -0.2) is 21.3 Å². The average Bonchev–Trinajstić information content (AvgIpc) is 2.72. The van der Waals surface area contributed by atoms with E-state index in [2.05, 4.69) is 33.9 Å². The van der Waals surface area contributed by atoms with Gasteiger partial charge in [-0.2, -0.15) is 0 Å². The zero-order valence-corrected chi connectivity index (χ0v) is 10.9. The molecule has 2 aliphatic heterocycles. The fourth-order valence-electron chi connectivity index (χ4n) is 3.20. The molecule has 0 saturated carbocycles. The number of aryl methyl sites for hydroxylation is 1. The van der Waals surface area contributed by atoms with Crippen molar-refractivity contribution in [3.05, 3.63) is 11.6 Å². The van der Waals surface area contributed by atoms with Gasteiger partial charge in [-0.1, -0.05) is 13.8 Å². The topological polar surface area (TPSA) is 42.7 Å². The van der Waals surface area contributed by atoms with E-state index in [9.17, 15) is 0 Å². The first-order valence-electron chi connectivity index (χ1n) is 6.84. The molecule has 1 saturated heterocycles. The summed E-state index contributed by atoms with van der Waals surface area (Å²) in [5.41, 5.74) is 0.291. The summed E-state index contributed by atoms with van der Waals surface area (Å²) >= 11 is 0. The number of nitrogens with zero attached hydrogens (tertiary/aromatic N) is 3. The van der Waals surface area contributed by atoms with Crippen molar-refractivity contribution in [2.45, 2.75) is 58.5 Å². The quantitative estimate of drug-likeness (QED) is 0.809. The van der Waals surface area contributed by atoms with Crippen LogP contribution in [0.15, 0.2) is 0 Å².